The van der Waals surface area contributed by atoms with Crippen molar-refractivity contribution in [3.8, 4) is 0 Å². The van der Waals surface area contributed by atoms with E-state index >= 15 is 0 Å². The highest BCUT2D eigenvalue weighted by molar-refractivity contribution is 6.04. The SMILES string of the molecule is CC(=O)c1ccccc1NC(=O)CN1CCN[C@H](C)C1. The van der Waals surface area contributed by atoms with Crippen LogP contribution in [-0.4, -0.2) is 48.8 Å². The number of carbonyl (C=O) groups excluding carboxylic acids is 2. The van der Waals surface area contributed by atoms with Crippen LogP contribution in [0.15, 0.2) is 24.3 Å². The number of hydrogen-bond acceptors (Lipinski definition) is 4. The molecule has 1 atom stereocenters. The summed E-state index contributed by atoms with van der Waals surface area (Å²) in [7, 11) is 0. The molecule has 1 aromatic carbocycles. The number of Topliss-reactive ketones (excluding diaryl/α,β-unsaturated/α-hetero) is 1. The number of piperazine rings is 1. The van der Waals surface area contributed by atoms with Gasteiger partial charge in [-0.1, -0.05) is 12.1 Å². The van der Waals surface area contributed by atoms with Crippen LogP contribution in [0.2, 0.25) is 0 Å². The van der Waals surface area contributed by atoms with Gasteiger partial charge in [0, 0.05) is 31.2 Å². The van der Waals surface area contributed by atoms with Crippen LogP contribution in [0, 0.1) is 0 Å². The number of nitrogens with one attached hydrogen (secondary N) is 2. The molecule has 0 aromatic heterocycles. The number of rotatable bonds is 4. The molecule has 0 bridgehead atoms. The Labute approximate surface area is 119 Å². The van der Waals surface area contributed by atoms with Gasteiger partial charge in [-0.25, -0.2) is 0 Å². The number of hydrogen-bond donors (Lipinski definition) is 2. The van der Waals surface area contributed by atoms with E-state index < -0.39 is 0 Å². The van der Waals surface area contributed by atoms with Crippen molar-refractivity contribution in [2.45, 2.75) is 19.9 Å². The Morgan fingerprint density at radius 1 is 1.40 bits per heavy atom. The predicted octanol–water partition coefficient (Wildman–Crippen LogP) is 1.12. The zero-order valence-corrected chi connectivity index (χ0v) is 12.0. The molecule has 0 aliphatic carbocycles. The fourth-order valence-corrected chi connectivity index (χ4v) is 2.45. The van der Waals surface area contributed by atoms with Gasteiger partial charge < -0.3 is 10.6 Å². The largest absolute Gasteiger partial charge is 0.324 e. The van der Waals surface area contributed by atoms with E-state index in [1.165, 1.54) is 6.92 Å². The van der Waals surface area contributed by atoms with E-state index in [1.807, 2.05) is 6.07 Å². The molecule has 1 aromatic rings. The number of para-hydroxylation sites is 1. The first-order valence-corrected chi connectivity index (χ1v) is 6.92. The number of anilines is 1. The number of carbonyl (C=O) groups is 2. The molecule has 5 heteroatoms. The van der Waals surface area contributed by atoms with E-state index in [9.17, 15) is 9.59 Å². The summed E-state index contributed by atoms with van der Waals surface area (Å²) < 4.78 is 0. The van der Waals surface area contributed by atoms with Gasteiger partial charge in [0.25, 0.3) is 0 Å². The van der Waals surface area contributed by atoms with Gasteiger partial charge in [0.1, 0.15) is 0 Å². The fourth-order valence-electron chi connectivity index (χ4n) is 2.45. The summed E-state index contributed by atoms with van der Waals surface area (Å²) in [6, 6.07) is 7.50. The molecule has 1 heterocycles. The summed E-state index contributed by atoms with van der Waals surface area (Å²) in [5.74, 6) is -0.121. The number of amides is 1. The third-order valence-electron chi connectivity index (χ3n) is 3.40. The lowest BCUT2D eigenvalue weighted by atomic mass is 10.1. The Balaban J connectivity index is 1.96. The van der Waals surface area contributed by atoms with Crippen molar-refractivity contribution in [2.24, 2.45) is 0 Å². The highest BCUT2D eigenvalue weighted by atomic mass is 16.2. The van der Waals surface area contributed by atoms with Crippen LogP contribution < -0.4 is 10.6 Å². The fraction of sp³-hybridized carbons (Fsp3) is 0.467. The Hall–Kier alpha value is -1.72. The van der Waals surface area contributed by atoms with Crippen molar-refractivity contribution in [1.82, 2.24) is 10.2 Å². The van der Waals surface area contributed by atoms with Crippen molar-refractivity contribution >= 4 is 17.4 Å². The van der Waals surface area contributed by atoms with E-state index in [0.29, 0.717) is 23.8 Å². The molecule has 1 amide bonds. The maximum absolute atomic E-state index is 12.1. The van der Waals surface area contributed by atoms with Gasteiger partial charge in [0.05, 0.1) is 12.2 Å². The van der Waals surface area contributed by atoms with Crippen LogP contribution in [0.5, 0.6) is 0 Å². The molecule has 0 saturated carbocycles. The lowest BCUT2D eigenvalue weighted by molar-refractivity contribution is -0.117. The van der Waals surface area contributed by atoms with Gasteiger partial charge in [-0.05, 0) is 26.0 Å². The van der Waals surface area contributed by atoms with Crippen LogP contribution in [0.25, 0.3) is 0 Å². The van der Waals surface area contributed by atoms with Crippen LogP contribution in [0.4, 0.5) is 5.69 Å². The van der Waals surface area contributed by atoms with Crippen molar-refractivity contribution in [2.75, 3.05) is 31.5 Å². The lowest BCUT2D eigenvalue weighted by Crippen LogP contribution is -2.51. The van der Waals surface area contributed by atoms with Crippen LogP contribution >= 0.6 is 0 Å². The van der Waals surface area contributed by atoms with Crippen LogP contribution in [-0.2, 0) is 4.79 Å². The van der Waals surface area contributed by atoms with E-state index in [4.69, 9.17) is 0 Å². The molecule has 0 spiro atoms. The minimum atomic E-state index is -0.0761. The van der Waals surface area contributed by atoms with Crippen molar-refractivity contribution in [3.63, 3.8) is 0 Å². The monoisotopic (exact) mass is 275 g/mol. The summed E-state index contributed by atoms with van der Waals surface area (Å²) in [5.41, 5.74) is 1.14. The minimum absolute atomic E-state index is 0.0447. The summed E-state index contributed by atoms with van der Waals surface area (Å²) in [6.45, 7) is 6.60. The molecule has 2 rings (SSSR count). The number of benzene rings is 1. The molecule has 1 aliphatic rings. The van der Waals surface area contributed by atoms with Crippen LogP contribution in [0.1, 0.15) is 24.2 Å². The maximum Gasteiger partial charge on any atom is 0.238 e. The van der Waals surface area contributed by atoms with Crippen LogP contribution in [0.3, 0.4) is 0 Å². The van der Waals surface area contributed by atoms with Crippen molar-refractivity contribution in [1.29, 1.82) is 0 Å². The first kappa shape index (κ1) is 14.7. The molecule has 20 heavy (non-hydrogen) atoms. The van der Waals surface area contributed by atoms with Gasteiger partial charge in [-0.3, -0.25) is 14.5 Å². The standard InChI is InChI=1S/C15H21N3O2/c1-11-9-18(8-7-16-11)10-15(20)17-14-6-4-3-5-13(14)12(2)19/h3-6,11,16H,7-10H2,1-2H3,(H,17,20)/t11-/m1/s1. The molecule has 1 saturated heterocycles. The average Bonchev–Trinajstić information content (AvgIpc) is 2.38. The van der Waals surface area contributed by atoms with Gasteiger partial charge >= 0.3 is 0 Å². The molecule has 1 aliphatic heterocycles. The van der Waals surface area contributed by atoms with Gasteiger partial charge in [-0.15, -0.1) is 0 Å². The minimum Gasteiger partial charge on any atom is -0.324 e. The molecule has 2 N–H and O–H groups in total. The van der Waals surface area contributed by atoms with Gasteiger partial charge in [-0.2, -0.15) is 0 Å². The van der Waals surface area contributed by atoms with E-state index in [1.54, 1.807) is 18.2 Å². The third-order valence-corrected chi connectivity index (χ3v) is 3.40. The summed E-state index contributed by atoms with van der Waals surface area (Å²) in [4.78, 5) is 25.7. The van der Waals surface area contributed by atoms with Crippen molar-refractivity contribution < 1.29 is 9.59 Å². The number of ketones is 1. The number of nitrogens with zero attached hydrogens (tertiary/aromatic N) is 1. The maximum atomic E-state index is 12.1. The quantitative estimate of drug-likeness (QED) is 0.808. The zero-order valence-electron chi connectivity index (χ0n) is 12.0. The van der Waals surface area contributed by atoms with E-state index in [-0.39, 0.29) is 11.7 Å². The second-order valence-electron chi connectivity index (χ2n) is 5.24. The zero-order chi connectivity index (χ0) is 14.5. The van der Waals surface area contributed by atoms with Crippen molar-refractivity contribution in [3.05, 3.63) is 29.8 Å². The Bertz CT molecular complexity index is 502. The Morgan fingerprint density at radius 3 is 2.85 bits per heavy atom. The highest BCUT2D eigenvalue weighted by Crippen LogP contribution is 2.15. The Kier molecular flexibility index (Phi) is 4.87. The second kappa shape index (κ2) is 6.63. The normalized spacial score (nSPS) is 19.6. The molecule has 0 unspecified atom stereocenters. The Morgan fingerprint density at radius 2 is 2.15 bits per heavy atom. The summed E-state index contributed by atoms with van der Waals surface area (Å²) in [6.07, 6.45) is 0. The second-order valence-corrected chi connectivity index (χ2v) is 5.24. The molecule has 0 radical (unpaired) electrons. The smallest absolute Gasteiger partial charge is 0.238 e. The first-order valence-electron chi connectivity index (χ1n) is 6.92. The molecule has 5 nitrogen and oxygen atoms in total. The van der Waals surface area contributed by atoms with Gasteiger partial charge in [0.15, 0.2) is 5.78 Å². The summed E-state index contributed by atoms with van der Waals surface area (Å²) in [5, 5.41) is 6.17. The molecular formula is C15H21N3O2. The lowest BCUT2D eigenvalue weighted by Gasteiger charge is -2.31. The predicted molar refractivity (Wildman–Crippen MR) is 79.0 cm³/mol. The summed E-state index contributed by atoms with van der Waals surface area (Å²) >= 11 is 0. The third kappa shape index (κ3) is 3.88. The molecule has 1 fully saturated rings. The average molecular weight is 275 g/mol. The molecular weight excluding hydrogens is 254 g/mol. The van der Waals surface area contributed by atoms with E-state index in [0.717, 1.165) is 19.6 Å². The highest BCUT2D eigenvalue weighted by Gasteiger charge is 2.18. The topological polar surface area (TPSA) is 61.4 Å². The van der Waals surface area contributed by atoms with Gasteiger partial charge in [0.2, 0.25) is 5.91 Å². The molecule has 108 valence electrons. The van der Waals surface area contributed by atoms with E-state index in [2.05, 4.69) is 22.5 Å². The first-order chi connectivity index (χ1) is 9.56.